The van der Waals surface area contributed by atoms with E-state index in [0.717, 1.165) is 0 Å². The van der Waals surface area contributed by atoms with E-state index in [1.807, 2.05) is 0 Å². The van der Waals surface area contributed by atoms with Crippen molar-refractivity contribution in [3.8, 4) is 0 Å². The van der Waals surface area contributed by atoms with E-state index in [-0.39, 0.29) is 120 Å². The summed E-state index contributed by atoms with van der Waals surface area (Å²) >= 11 is 0. The first kappa shape index (κ1) is 85.8. The van der Waals surface area contributed by atoms with E-state index >= 15 is 0 Å². The van der Waals surface area contributed by atoms with Crippen molar-refractivity contribution >= 4 is 0 Å². The van der Waals surface area contributed by atoms with Crippen LogP contribution in [0.15, 0.2) is 0 Å². The van der Waals surface area contributed by atoms with Crippen LogP contribution in [0.5, 0.6) is 0 Å². The Morgan fingerprint density at radius 1 is 0.571 bits per heavy atom. The Bertz CT molecular complexity index is 20.0. The Morgan fingerprint density at radius 2 is 0.571 bits per heavy atom. The van der Waals surface area contributed by atoms with Gasteiger partial charge in [0.25, 0.3) is 0 Å². The average Bonchev–Trinajstić information content (AvgIpc) is 1.78. The largest absolute Gasteiger partial charge is 0.333 e. The molecule has 0 atom stereocenters. The second-order valence-electron chi connectivity index (χ2n) is 0.707. The third-order valence-corrected chi connectivity index (χ3v) is 0. The fraction of sp³-hybridized carbons (Fsp3) is 1.00. The van der Waals surface area contributed by atoms with Crippen LogP contribution in [-0.4, -0.2) is 14.1 Å². The fourth-order valence-electron chi connectivity index (χ4n) is 0. The standard InChI is InChI=1S/C3H8.2CH5N.2CH4.5W/c1-3-2;2*1-2;;;;;;;/h3H2,1-2H3;2*2H2,1H3;2*1H4;;;;;. The van der Waals surface area contributed by atoms with Crippen LogP contribution >= 0.6 is 0 Å². The van der Waals surface area contributed by atoms with Crippen LogP contribution in [-0.2, 0) is 105 Å². The van der Waals surface area contributed by atoms with Gasteiger partial charge in [-0.15, -0.1) is 0 Å². The quantitative estimate of drug-likeness (QED) is 0.390. The molecule has 0 aromatic rings. The number of hydrogen-bond acceptors (Lipinski definition) is 2. The maximum absolute atomic E-state index is 4.50. The maximum Gasteiger partial charge on any atom is 0 e. The summed E-state index contributed by atoms with van der Waals surface area (Å²) in [5.41, 5.74) is 9.00. The van der Waals surface area contributed by atoms with Gasteiger partial charge in [0.2, 0.25) is 0 Å². The summed E-state index contributed by atoms with van der Waals surface area (Å²) in [4.78, 5) is 0. The molecule has 0 heterocycles. The zero-order valence-corrected chi connectivity index (χ0v) is 22.6. The van der Waals surface area contributed by atoms with Crippen molar-refractivity contribution in [1.29, 1.82) is 0 Å². The van der Waals surface area contributed by atoms with Gasteiger partial charge in [-0.3, -0.25) is 0 Å². The van der Waals surface area contributed by atoms with Gasteiger partial charge >= 0.3 is 0 Å². The molecule has 0 fully saturated rings. The van der Waals surface area contributed by atoms with Gasteiger partial charge in [-0.25, -0.2) is 0 Å². The van der Waals surface area contributed by atoms with Gasteiger partial charge in [-0.2, -0.15) is 0 Å². The predicted octanol–water partition coefficient (Wildman–Crippen LogP) is 1.83. The molecule has 0 aliphatic rings. The van der Waals surface area contributed by atoms with E-state index in [9.17, 15) is 0 Å². The molecule has 0 rings (SSSR count). The molecule has 0 saturated carbocycles. The molecule has 0 spiro atoms. The number of rotatable bonds is 0. The zero-order valence-electron chi connectivity index (χ0n) is 7.90. The molecular weight excluding hydrogens is 1030 g/mol. The summed E-state index contributed by atoms with van der Waals surface area (Å²) < 4.78 is 0. The Hall–Kier alpha value is 3.36. The minimum Gasteiger partial charge on any atom is -0.333 e. The summed E-state index contributed by atoms with van der Waals surface area (Å²) in [6.07, 6.45) is 1.25. The fourth-order valence-corrected chi connectivity index (χ4v) is 0. The summed E-state index contributed by atoms with van der Waals surface area (Å²) in [7, 11) is 3.00. The Balaban J connectivity index is -0.00000000174. The third kappa shape index (κ3) is 280. The second kappa shape index (κ2) is 203. The SMILES string of the molecule is C.C.CCC.CN.CN.[W].[W].[W].[W].[W]. The van der Waals surface area contributed by atoms with Crippen LogP contribution in [0, 0.1) is 0 Å². The van der Waals surface area contributed by atoms with Crippen LogP contribution in [0.1, 0.15) is 35.1 Å². The zero-order chi connectivity index (χ0) is 6.71. The maximum atomic E-state index is 4.50. The first-order valence-corrected chi connectivity index (χ1v) is 2.57. The van der Waals surface area contributed by atoms with E-state index in [4.69, 9.17) is 0 Å². The molecule has 2 nitrogen and oxygen atoms in total. The minimum absolute atomic E-state index is 0. The van der Waals surface area contributed by atoms with Crippen LogP contribution in [0.4, 0.5) is 0 Å². The van der Waals surface area contributed by atoms with E-state index in [1.165, 1.54) is 20.5 Å². The van der Waals surface area contributed by atoms with E-state index in [2.05, 4.69) is 25.3 Å². The van der Waals surface area contributed by atoms with Crippen molar-refractivity contribution in [3.63, 3.8) is 0 Å². The molecule has 0 bridgehead atoms. The number of nitrogens with two attached hydrogens (primary N) is 2. The molecule has 14 heavy (non-hydrogen) atoms. The van der Waals surface area contributed by atoms with Gasteiger partial charge in [0, 0.05) is 105 Å². The van der Waals surface area contributed by atoms with E-state index in [1.54, 1.807) is 0 Å². The average molecular weight is 1060 g/mol. The molecule has 94 valence electrons. The van der Waals surface area contributed by atoms with Gasteiger partial charge in [-0.05, 0) is 14.1 Å². The second-order valence-corrected chi connectivity index (χ2v) is 0.707. The molecule has 0 amide bonds. The Labute approximate surface area is 164 Å². The summed E-state index contributed by atoms with van der Waals surface area (Å²) in [5.74, 6) is 0. The smallest absolute Gasteiger partial charge is 0 e. The molecule has 0 aliphatic carbocycles. The first-order chi connectivity index (χ1) is 3.41. The van der Waals surface area contributed by atoms with Gasteiger partial charge in [0.15, 0.2) is 0 Å². The topological polar surface area (TPSA) is 52.0 Å². The van der Waals surface area contributed by atoms with Crippen molar-refractivity contribution in [2.45, 2.75) is 35.1 Å². The van der Waals surface area contributed by atoms with Gasteiger partial charge < -0.3 is 11.5 Å². The van der Waals surface area contributed by atoms with Gasteiger partial charge in [0.05, 0.1) is 0 Å². The first-order valence-electron chi connectivity index (χ1n) is 2.57. The van der Waals surface area contributed by atoms with Crippen LogP contribution in [0.2, 0.25) is 0 Å². The molecule has 0 aliphatic heterocycles. The Morgan fingerprint density at radius 3 is 0.571 bits per heavy atom. The van der Waals surface area contributed by atoms with Crippen molar-refractivity contribution in [2.24, 2.45) is 11.5 Å². The molecule has 0 aromatic carbocycles. The predicted molar refractivity (Wildman–Crippen MR) is 49.6 cm³/mol. The van der Waals surface area contributed by atoms with Crippen molar-refractivity contribution < 1.29 is 105 Å². The normalized spacial score (nSPS) is 2.14. The molecule has 4 N–H and O–H groups in total. The monoisotopic (exact) mass is 1060 g/mol. The Kier molecular flexibility index (Phi) is 1240. The van der Waals surface area contributed by atoms with Crippen molar-refractivity contribution in [3.05, 3.63) is 0 Å². The molecule has 0 aromatic heterocycles. The molecule has 0 saturated heterocycles. The molecule has 0 radical (unpaired) electrons. The van der Waals surface area contributed by atoms with E-state index in [0.29, 0.717) is 0 Å². The summed E-state index contributed by atoms with van der Waals surface area (Å²) in [6, 6.07) is 0. The number of hydrogen-bond donors (Lipinski definition) is 2. The van der Waals surface area contributed by atoms with Gasteiger partial charge in [-0.1, -0.05) is 35.1 Å². The summed E-state index contributed by atoms with van der Waals surface area (Å²) in [5, 5.41) is 0. The van der Waals surface area contributed by atoms with Gasteiger partial charge in [0.1, 0.15) is 0 Å². The van der Waals surface area contributed by atoms with E-state index < -0.39 is 0 Å². The minimum atomic E-state index is 0. The van der Waals surface area contributed by atoms with Crippen molar-refractivity contribution in [2.75, 3.05) is 14.1 Å². The molecule has 7 heteroatoms. The summed E-state index contributed by atoms with van der Waals surface area (Å²) in [6.45, 7) is 4.25. The van der Waals surface area contributed by atoms with Crippen LogP contribution in [0.3, 0.4) is 0 Å². The third-order valence-electron chi connectivity index (χ3n) is 0. The molecule has 0 unspecified atom stereocenters. The van der Waals surface area contributed by atoms with Crippen LogP contribution in [0.25, 0.3) is 0 Å². The van der Waals surface area contributed by atoms with Crippen LogP contribution < -0.4 is 11.5 Å². The molecular formula is C7H26N2W5. The van der Waals surface area contributed by atoms with Crippen molar-refractivity contribution in [1.82, 2.24) is 0 Å².